The Kier molecular flexibility index (Phi) is 6.15. The second-order valence-corrected chi connectivity index (χ2v) is 9.21. The maximum atomic E-state index is 13.0. The summed E-state index contributed by atoms with van der Waals surface area (Å²) in [5.74, 6) is 1.68. The molecule has 0 bridgehead atoms. The normalized spacial score (nSPS) is 11.3. The van der Waals surface area contributed by atoms with Crippen LogP contribution in [0.15, 0.2) is 106 Å². The van der Waals surface area contributed by atoms with E-state index in [1.165, 1.54) is 0 Å². The minimum atomic E-state index is -0.474. The fraction of sp³-hybridized carbons (Fsp3) is 0.143. The molecule has 0 fully saturated rings. The molecule has 0 saturated heterocycles. The molecule has 0 amide bonds. The van der Waals surface area contributed by atoms with Crippen LogP contribution in [-0.2, 0) is 5.41 Å². The highest BCUT2D eigenvalue weighted by atomic mass is 79.9. The molecule has 154 valence electrons. The number of carbonyl (C=O) groups excluding carboxylic acids is 1. The van der Waals surface area contributed by atoms with E-state index < -0.39 is 5.41 Å². The summed E-state index contributed by atoms with van der Waals surface area (Å²) in [6.07, 6.45) is 0.352. The highest BCUT2D eigenvalue weighted by Crippen LogP contribution is 2.36. The summed E-state index contributed by atoms with van der Waals surface area (Å²) in [5, 5.41) is 0. The number of rotatable bonds is 6. The number of hydrogen-bond acceptors (Lipinski definition) is 1. The van der Waals surface area contributed by atoms with Crippen LogP contribution in [0.1, 0.15) is 36.4 Å². The van der Waals surface area contributed by atoms with E-state index >= 15 is 0 Å². The van der Waals surface area contributed by atoms with Gasteiger partial charge in [-0.15, -0.1) is 0 Å². The fourth-order valence-electron chi connectivity index (χ4n) is 3.60. The topological polar surface area (TPSA) is 28.4 Å². The van der Waals surface area contributed by atoms with E-state index in [0.29, 0.717) is 12.0 Å². The lowest BCUT2D eigenvalue weighted by atomic mass is 9.82. The molecule has 0 spiro atoms. The second kappa shape index (κ2) is 8.99. The summed E-state index contributed by atoms with van der Waals surface area (Å²) < 4.78 is 7.35. The maximum absolute atomic E-state index is 13.0. The SMILES string of the molecule is CC(C)(CC(=O)c1ccc(Br)cc1)c1cc(-c2ccccc2)cc(-c2ccccc2)[o+]1. The lowest BCUT2D eigenvalue weighted by Crippen LogP contribution is -2.22. The van der Waals surface area contributed by atoms with Gasteiger partial charge in [-0.3, -0.25) is 4.79 Å². The molecule has 0 N–H and O–H groups in total. The molecular weight excluding hydrogens is 448 g/mol. The highest BCUT2D eigenvalue weighted by molar-refractivity contribution is 9.10. The second-order valence-electron chi connectivity index (χ2n) is 8.30. The molecule has 1 aromatic heterocycles. The summed E-state index contributed by atoms with van der Waals surface area (Å²) in [6.45, 7) is 4.12. The predicted molar refractivity (Wildman–Crippen MR) is 130 cm³/mol. The zero-order valence-electron chi connectivity index (χ0n) is 17.6. The van der Waals surface area contributed by atoms with E-state index in [-0.39, 0.29) is 5.78 Å². The Hall–Kier alpha value is -3.04. The molecule has 3 aromatic carbocycles. The van der Waals surface area contributed by atoms with E-state index in [9.17, 15) is 4.79 Å². The molecule has 0 aliphatic rings. The summed E-state index contributed by atoms with van der Waals surface area (Å²) in [7, 11) is 0. The number of Topliss-reactive ketones (excluding diaryl/α,β-unsaturated/α-hetero) is 1. The lowest BCUT2D eigenvalue weighted by Gasteiger charge is -2.17. The number of carbonyl (C=O) groups is 1. The van der Waals surface area contributed by atoms with Crippen molar-refractivity contribution < 1.29 is 9.21 Å². The first kappa shape index (κ1) is 21.2. The van der Waals surface area contributed by atoms with Crippen LogP contribution in [0, 0.1) is 0 Å². The van der Waals surface area contributed by atoms with Gasteiger partial charge in [0.05, 0.1) is 17.0 Å². The number of benzene rings is 3. The van der Waals surface area contributed by atoms with Gasteiger partial charge < -0.3 is 0 Å². The molecule has 1 heterocycles. The minimum absolute atomic E-state index is 0.0964. The first-order chi connectivity index (χ1) is 14.9. The third-order valence-corrected chi connectivity index (χ3v) is 5.92. The molecule has 3 heteroatoms. The standard InChI is InChI=1S/C28H24BrO2/c1-28(2,19-25(30)21-13-15-24(29)16-14-21)27-18-23(20-9-5-3-6-10-20)17-26(31-27)22-11-7-4-8-12-22/h3-18H,19H2,1-2H3/q+1. The van der Waals surface area contributed by atoms with Gasteiger partial charge in [-0.2, -0.15) is 0 Å². The van der Waals surface area contributed by atoms with Crippen LogP contribution in [0.3, 0.4) is 0 Å². The molecule has 0 radical (unpaired) electrons. The first-order valence-electron chi connectivity index (χ1n) is 10.3. The molecule has 4 rings (SSSR count). The van der Waals surface area contributed by atoms with Gasteiger partial charge in [0.2, 0.25) is 0 Å². The van der Waals surface area contributed by atoms with Crippen molar-refractivity contribution in [3.8, 4) is 22.5 Å². The largest absolute Gasteiger partial charge is 0.360 e. The van der Waals surface area contributed by atoms with Crippen molar-refractivity contribution in [1.29, 1.82) is 0 Å². The van der Waals surface area contributed by atoms with Crippen LogP contribution in [0.25, 0.3) is 22.5 Å². The molecule has 31 heavy (non-hydrogen) atoms. The van der Waals surface area contributed by atoms with Crippen molar-refractivity contribution in [3.05, 3.63) is 113 Å². The molecule has 0 unspecified atom stereocenters. The number of ketones is 1. The summed E-state index contributed by atoms with van der Waals surface area (Å²) in [6, 6.07) is 32.0. The molecule has 2 nitrogen and oxygen atoms in total. The van der Waals surface area contributed by atoms with Crippen molar-refractivity contribution in [2.45, 2.75) is 25.7 Å². The molecular formula is C28H24BrO2+. The third-order valence-electron chi connectivity index (χ3n) is 5.39. The Morgan fingerprint density at radius 2 is 1.35 bits per heavy atom. The van der Waals surface area contributed by atoms with Crippen molar-refractivity contribution in [2.24, 2.45) is 0 Å². The van der Waals surface area contributed by atoms with Gasteiger partial charge >= 0.3 is 11.5 Å². The van der Waals surface area contributed by atoms with Gasteiger partial charge in [-0.25, -0.2) is 4.42 Å². The van der Waals surface area contributed by atoms with Gasteiger partial charge in [0.1, 0.15) is 0 Å². The predicted octanol–water partition coefficient (Wildman–Crippen LogP) is 8.21. The lowest BCUT2D eigenvalue weighted by molar-refractivity contribution is 0.0951. The Balaban J connectivity index is 1.75. The smallest absolute Gasteiger partial charge is 0.294 e. The molecule has 4 aromatic rings. The van der Waals surface area contributed by atoms with Gasteiger partial charge in [-0.1, -0.05) is 76.6 Å². The van der Waals surface area contributed by atoms with E-state index in [4.69, 9.17) is 4.42 Å². The van der Waals surface area contributed by atoms with Crippen molar-refractivity contribution in [1.82, 2.24) is 0 Å². The van der Waals surface area contributed by atoms with Crippen LogP contribution in [0.2, 0.25) is 0 Å². The van der Waals surface area contributed by atoms with Crippen LogP contribution < -0.4 is 0 Å². The summed E-state index contributed by atoms with van der Waals surface area (Å²) in [4.78, 5) is 13.0. The molecule has 0 aliphatic carbocycles. The molecule has 0 saturated carbocycles. The van der Waals surface area contributed by atoms with Gasteiger partial charge in [0.15, 0.2) is 5.78 Å². The van der Waals surface area contributed by atoms with E-state index in [1.807, 2.05) is 72.8 Å². The fourth-order valence-corrected chi connectivity index (χ4v) is 3.87. The van der Waals surface area contributed by atoms with Crippen molar-refractivity contribution in [3.63, 3.8) is 0 Å². The van der Waals surface area contributed by atoms with Gasteiger partial charge in [0.25, 0.3) is 0 Å². The third kappa shape index (κ3) is 5.00. The van der Waals surface area contributed by atoms with Gasteiger partial charge in [-0.05, 0) is 43.7 Å². The average molecular weight is 472 g/mol. The van der Waals surface area contributed by atoms with Crippen LogP contribution in [0.5, 0.6) is 0 Å². The zero-order valence-corrected chi connectivity index (χ0v) is 19.2. The number of hydrogen-bond donors (Lipinski definition) is 0. The Bertz CT molecular complexity index is 1120. The monoisotopic (exact) mass is 471 g/mol. The maximum Gasteiger partial charge on any atom is 0.360 e. The van der Waals surface area contributed by atoms with Crippen LogP contribution in [0.4, 0.5) is 0 Å². The highest BCUT2D eigenvalue weighted by Gasteiger charge is 2.36. The van der Waals surface area contributed by atoms with E-state index in [1.54, 1.807) is 0 Å². The average Bonchev–Trinajstić information content (AvgIpc) is 2.80. The quantitative estimate of drug-likeness (QED) is 0.209. The summed E-state index contributed by atoms with van der Waals surface area (Å²) >= 11 is 3.43. The zero-order chi connectivity index (χ0) is 21.8. The Morgan fingerprint density at radius 3 is 1.97 bits per heavy atom. The Labute approximate surface area is 191 Å². The molecule has 0 atom stereocenters. The van der Waals surface area contributed by atoms with E-state index in [0.717, 1.165) is 32.7 Å². The molecule has 0 aliphatic heterocycles. The van der Waals surface area contributed by atoms with Crippen LogP contribution in [-0.4, -0.2) is 5.78 Å². The van der Waals surface area contributed by atoms with Crippen molar-refractivity contribution in [2.75, 3.05) is 0 Å². The van der Waals surface area contributed by atoms with Crippen LogP contribution >= 0.6 is 15.9 Å². The number of halogens is 1. The van der Waals surface area contributed by atoms with E-state index in [2.05, 4.69) is 54.0 Å². The Morgan fingerprint density at radius 1 is 0.774 bits per heavy atom. The van der Waals surface area contributed by atoms with Gasteiger partial charge in [0, 0.05) is 28.1 Å². The minimum Gasteiger partial charge on any atom is -0.294 e. The summed E-state index contributed by atoms with van der Waals surface area (Å²) in [5.41, 5.74) is 3.44. The first-order valence-corrected chi connectivity index (χ1v) is 11.1. The van der Waals surface area contributed by atoms with Crippen molar-refractivity contribution >= 4 is 21.7 Å².